The summed E-state index contributed by atoms with van der Waals surface area (Å²) in [5.41, 5.74) is 0.932. The van der Waals surface area contributed by atoms with Crippen molar-refractivity contribution in [2.24, 2.45) is 0 Å². The molecular formula is C14H13NO3. The average Bonchev–Trinajstić information content (AvgIpc) is 2.53. The number of rotatable bonds is 2. The lowest BCUT2D eigenvalue weighted by atomic mass is 10.0. The second-order valence-corrected chi connectivity index (χ2v) is 4.32. The smallest absolute Gasteiger partial charge is 0.355 e. The van der Waals surface area contributed by atoms with Crippen LogP contribution in [-0.4, -0.2) is 7.11 Å². The van der Waals surface area contributed by atoms with Crippen LogP contribution in [0.5, 0.6) is 5.75 Å². The summed E-state index contributed by atoms with van der Waals surface area (Å²) in [6.07, 6.45) is 0. The van der Waals surface area contributed by atoms with E-state index in [1.807, 2.05) is 32.0 Å². The highest BCUT2D eigenvalue weighted by Gasteiger charge is 2.21. The summed E-state index contributed by atoms with van der Waals surface area (Å²) in [4.78, 5) is 11.6. The molecule has 0 spiro atoms. The third-order valence-corrected chi connectivity index (χ3v) is 2.87. The van der Waals surface area contributed by atoms with E-state index in [1.54, 1.807) is 6.07 Å². The summed E-state index contributed by atoms with van der Waals surface area (Å²) in [6.45, 7) is 4.08. The molecule has 0 saturated carbocycles. The van der Waals surface area contributed by atoms with Gasteiger partial charge in [-0.15, -0.1) is 0 Å². The maximum absolute atomic E-state index is 11.6. The monoisotopic (exact) mass is 243 g/mol. The topological polar surface area (TPSA) is 63.2 Å². The van der Waals surface area contributed by atoms with Gasteiger partial charge in [0.1, 0.15) is 11.6 Å². The van der Waals surface area contributed by atoms with Crippen LogP contribution in [0.1, 0.15) is 30.9 Å². The lowest BCUT2D eigenvalue weighted by molar-refractivity contribution is 0.399. The molecule has 0 aromatic heterocycles. The molecule has 0 aromatic carbocycles. The standard InChI is InChI=1S/C14H13NO3/c1-8(2)9-4-5-12(17-3)13-10(6-9)11(7-15)14(16)18-13/h4-6,8H,1-3H3. The Hall–Kier alpha value is -2.28. The lowest BCUT2D eigenvalue weighted by Gasteiger charge is -2.01. The van der Waals surface area contributed by atoms with Crippen molar-refractivity contribution < 1.29 is 9.15 Å². The predicted molar refractivity (Wildman–Crippen MR) is 67.0 cm³/mol. The van der Waals surface area contributed by atoms with Gasteiger partial charge in [-0.25, -0.2) is 4.79 Å². The zero-order chi connectivity index (χ0) is 13.3. The Morgan fingerprint density at radius 2 is 2.11 bits per heavy atom. The van der Waals surface area contributed by atoms with Crippen LogP contribution in [0, 0.1) is 11.3 Å². The van der Waals surface area contributed by atoms with Crippen LogP contribution < -0.4 is 10.4 Å². The quantitative estimate of drug-likeness (QED) is 0.813. The number of hydrogen-bond donors (Lipinski definition) is 0. The van der Waals surface area contributed by atoms with Crippen LogP contribution in [0.2, 0.25) is 0 Å². The molecule has 4 nitrogen and oxygen atoms in total. The van der Waals surface area contributed by atoms with Gasteiger partial charge >= 0.3 is 5.63 Å². The molecule has 0 amide bonds. The van der Waals surface area contributed by atoms with Gasteiger partial charge in [-0.1, -0.05) is 19.9 Å². The molecular weight excluding hydrogens is 230 g/mol. The number of fused-ring (bicyclic) bond motifs is 1. The van der Waals surface area contributed by atoms with Crippen molar-refractivity contribution in [1.82, 2.24) is 0 Å². The largest absolute Gasteiger partial charge is 0.493 e. The number of hydrogen-bond acceptors (Lipinski definition) is 4. The van der Waals surface area contributed by atoms with Crippen molar-refractivity contribution >= 4 is 0 Å². The lowest BCUT2D eigenvalue weighted by Crippen LogP contribution is -1.95. The number of nitrogens with zero attached hydrogens (tertiary/aromatic N) is 1. The van der Waals surface area contributed by atoms with Crippen LogP contribution in [0.25, 0.3) is 11.3 Å². The molecule has 0 N–H and O–H groups in total. The summed E-state index contributed by atoms with van der Waals surface area (Å²) < 4.78 is 10.3. The first-order valence-corrected chi connectivity index (χ1v) is 5.63. The van der Waals surface area contributed by atoms with Gasteiger partial charge in [0.15, 0.2) is 11.5 Å². The highest BCUT2D eigenvalue weighted by atomic mass is 16.5. The first-order valence-electron chi connectivity index (χ1n) is 5.63. The predicted octanol–water partition coefficient (Wildman–Crippen LogP) is 2.75. The molecule has 0 unspecified atom stereocenters. The molecule has 4 heteroatoms. The number of ether oxygens (including phenoxy) is 1. The van der Waals surface area contributed by atoms with Crippen molar-refractivity contribution in [1.29, 1.82) is 5.26 Å². The van der Waals surface area contributed by atoms with Gasteiger partial charge in [-0.05, 0) is 23.6 Å². The molecule has 0 aromatic rings. The normalized spacial score (nSPS) is 10.6. The van der Waals surface area contributed by atoms with E-state index in [1.165, 1.54) is 7.11 Å². The first-order chi connectivity index (χ1) is 8.58. The highest BCUT2D eigenvalue weighted by molar-refractivity contribution is 5.72. The number of nitriles is 1. The van der Waals surface area contributed by atoms with E-state index in [9.17, 15) is 4.79 Å². The summed E-state index contributed by atoms with van der Waals surface area (Å²) >= 11 is 0. The van der Waals surface area contributed by atoms with Crippen molar-refractivity contribution in [3.05, 3.63) is 39.7 Å². The molecule has 0 fully saturated rings. The molecule has 2 aliphatic rings. The molecule has 0 radical (unpaired) electrons. The zero-order valence-corrected chi connectivity index (χ0v) is 10.5. The summed E-state index contributed by atoms with van der Waals surface area (Å²) in [7, 11) is 1.50. The minimum atomic E-state index is -0.619. The van der Waals surface area contributed by atoms with Crippen molar-refractivity contribution in [2.75, 3.05) is 7.11 Å². The summed E-state index contributed by atoms with van der Waals surface area (Å²) in [5, 5.41) is 9.03. The van der Waals surface area contributed by atoms with E-state index in [-0.39, 0.29) is 11.5 Å². The molecule has 2 rings (SSSR count). The minimum Gasteiger partial charge on any atom is -0.493 e. The van der Waals surface area contributed by atoms with Gasteiger partial charge in [0.2, 0.25) is 0 Å². The van der Waals surface area contributed by atoms with Gasteiger partial charge in [0.05, 0.1) is 7.11 Å². The maximum Gasteiger partial charge on any atom is 0.355 e. The van der Waals surface area contributed by atoms with Gasteiger partial charge in [-0.3, -0.25) is 0 Å². The molecule has 0 atom stereocenters. The van der Waals surface area contributed by atoms with Gasteiger partial charge in [-0.2, -0.15) is 5.26 Å². The Balaban J connectivity index is 2.86. The number of furan rings is 1. The summed E-state index contributed by atoms with van der Waals surface area (Å²) in [6, 6.07) is 7.36. The van der Waals surface area contributed by atoms with E-state index >= 15 is 0 Å². The van der Waals surface area contributed by atoms with Gasteiger partial charge in [0.25, 0.3) is 0 Å². The van der Waals surface area contributed by atoms with E-state index in [0.29, 0.717) is 17.1 Å². The SMILES string of the molecule is COc1ccc(C(C)C)cc2c(C#N)c(=O)oc1-2. The molecule has 92 valence electrons. The fourth-order valence-corrected chi connectivity index (χ4v) is 1.83. The molecule has 1 aliphatic heterocycles. The first kappa shape index (κ1) is 12.2. The Morgan fingerprint density at radius 1 is 1.39 bits per heavy atom. The fourth-order valence-electron chi connectivity index (χ4n) is 1.83. The summed E-state index contributed by atoms with van der Waals surface area (Å²) in [5.74, 6) is 1.06. The molecule has 0 saturated heterocycles. The maximum atomic E-state index is 11.6. The van der Waals surface area contributed by atoms with Crippen LogP contribution >= 0.6 is 0 Å². The second-order valence-electron chi connectivity index (χ2n) is 4.32. The molecule has 0 bridgehead atoms. The van der Waals surface area contributed by atoms with Crippen molar-refractivity contribution in [3.8, 4) is 23.1 Å². The Bertz CT molecular complexity index is 649. The van der Waals surface area contributed by atoms with E-state index in [2.05, 4.69) is 0 Å². The van der Waals surface area contributed by atoms with Crippen LogP contribution in [-0.2, 0) is 0 Å². The van der Waals surface area contributed by atoms with Crippen LogP contribution in [0.15, 0.2) is 27.4 Å². The van der Waals surface area contributed by atoms with E-state index in [4.69, 9.17) is 14.4 Å². The Morgan fingerprint density at radius 3 is 2.67 bits per heavy atom. The van der Waals surface area contributed by atoms with Crippen LogP contribution in [0.3, 0.4) is 0 Å². The minimum absolute atomic E-state index is 0.0291. The molecule has 18 heavy (non-hydrogen) atoms. The van der Waals surface area contributed by atoms with Crippen LogP contribution in [0.4, 0.5) is 0 Å². The third kappa shape index (κ3) is 1.84. The average molecular weight is 243 g/mol. The van der Waals surface area contributed by atoms with E-state index < -0.39 is 5.63 Å². The Labute approximate surface area is 105 Å². The van der Waals surface area contributed by atoms with Crippen molar-refractivity contribution in [3.63, 3.8) is 0 Å². The molecule has 1 aliphatic carbocycles. The fraction of sp³-hybridized carbons (Fsp3) is 0.286. The highest BCUT2D eigenvalue weighted by Crippen LogP contribution is 2.34. The Kier molecular flexibility index (Phi) is 3.07. The molecule has 1 heterocycles. The number of methoxy groups -OCH3 is 1. The third-order valence-electron chi connectivity index (χ3n) is 2.87. The van der Waals surface area contributed by atoms with Gasteiger partial charge < -0.3 is 9.15 Å². The van der Waals surface area contributed by atoms with Crippen molar-refractivity contribution in [2.45, 2.75) is 19.8 Å². The van der Waals surface area contributed by atoms with Gasteiger partial charge in [0, 0.05) is 5.56 Å². The second kappa shape index (κ2) is 4.53. The zero-order valence-electron chi connectivity index (χ0n) is 10.5. The van der Waals surface area contributed by atoms with E-state index in [0.717, 1.165) is 5.56 Å².